The van der Waals surface area contributed by atoms with Crippen LogP contribution in [0.15, 0.2) is 0 Å². The number of nitrogens with zero attached hydrogens (tertiary/aromatic N) is 2. The maximum atomic E-state index is 12.8. The van der Waals surface area contributed by atoms with Crippen LogP contribution in [0.2, 0.25) is 0 Å². The molecule has 1 saturated heterocycles. The third kappa shape index (κ3) is 5.43. The molecular weight excluding hydrogens is 372 g/mol. The summed E-state index contributed by atoms with van der Waals surface area (Å²) in [6, 6.07) is 0.280. The molecule has 3 rings (SSSR count). The summed E-state index contributed by atoms with van der Waals surface area (Å²) in [5, 5.41) is 9.64. The standard InChI is InChI=1S/C22H38N2O5/c1-20(2,3)29-19(27)24(17-6-7-17)14-21(16-28-4)10-12-23(13-11-21)15-22(18(25)26)8-5-9-22/h17H,5-16H2,1-4H3,(H,25,26). The van der Waals surface area contributed by atoms with Gasteiger partial charge in [0.1, 0.15) is 5.60 Å². The minimum atomic E-state index is -0.651. The molecule has 2 aliphatic carbocycles. The van der Waals surface area contributed by atoms with E-state index in [1.165, 1.54) is 0 Å². The molecule has 1 N–H and O–H groups in total. The highest BCUT2D eigenvalue weighted by Gasteiger charge is 2.48. The molecule has 1 heterocycles. The van der Waals surface area contributed by atoms with Crippen molar-refractivity contribution in [1.82, 2.24) is 9.80 Å². The number of aliphatic carboxylic acids is 1. The molecular formula is C22H38N2O5. The van der Waals surface area contributed by atoms with Gasteiger partial charge >= 0.3 is 12.1 Å². The molecule has 0 aromatic carbocycles. The molecule has 166 valence electrons. The molecule has 3 fully saturated rings. The molecule has 2 saturated carbocycles. The summed E-state index contributed by atoms with van der Waals surface area (Å²) < 4.78 is 11.3. The summed E-state index contributed by atoms with van der Waals surface area (Å²) in [6.07, 6.45) is 6.25. The van der Waals surface area contributed by atoms with Crippen molar-refractivity contribution in [2.24, 2.45) is 10.8 Å². The highest BCUT2D eigenvalue weighted by Crippen LogP contribution is 2.44. The number of carbonyl (C=O) groups excluding carboxylic acids is 1. The maximum Gasteiger partial charge on any atom is 0.410 e. The van der Waals surface area contributed by atoms with Gasteiger partial charge in [-0.3, -0.25) is 4.79 Å². The summed E-state index contributed by atoms with van der Waals surface area (Å²) in [5.41, 5.74) is -1.14. The quantitative estimate of drug-likeness (QED) is 0.661. The van der Waals surface area contributed by atoms with Crippen molar-refractivity contribution in [3.63, 3.8) is 0 Å². The van der Waals surface area contributed by atoms with E-state index in [0.29, 0.717) is 19.7 Å². The van der Waals surface area contributed by atoms with E-state index in [-0.39, 0.29) is 17.6 Å². The lowest BCUT2D eigenvalue weighted by atomic mass is 9.68. The molecule has 0 spiro atoms. The predicted octanol–water partition coefficient (Wildman–Crippen LogP) is 3.37. The monoisotopic (exact) mass is 410 g/mol. The Bertz CT molecular complexity index is 599. The summed E-state index contributed by atoms with van der Waals surface area (Å²) in [4.78, 5) is 28.8. The van der Waals surface area contributed by atoms with Crippen molar-refractivity contribution in [1.29, 1.82) is 0 Å². The smallest absolute Gasteiger partial charge is 0.410 e. The van der Waals surface area contributed by atoms with Crippen molar-refractivity contribution in [3.05, 3.63) is 0 Å². The van der Waals surface area contributed by atoms with Crippen LogP contribution in [0, 0.1) is 10.8 Å². The average Bonchev–Trinajstić information content (AvgIpc) is 3.41. The Morgan fingerprint density at radius 1 is 1.14 bits per heavy atom. The van der Waals surface area contributed by atoms with Gasteiger partial charge in [0.25, 0.3) is 0 Å². The number of carboxylic acids is 1. The normalized spacial score (nSPS) is 23.9. The van der Waals surface area contributed by atoms with Crippen LogP contribution in [0.1, 0.15) is 65.7 Å². The minimum Gasteiger partial charge on any atom is -0.481 e. The van der Waals surface area contributed by atoms with Gasteiger partial charge in [-0.05, 0) is 72.4 Å². The van der Waals surface area contributed by atoms with Crippen LogP contribution >= 0.6 is 0 Å². The number of amides is 1. The van der Waals surface area contributed by atoms with E-state index < -0.39 is 17.0 Å². The first-order chi connectivity index (χ1) is 13.6. The van der Waals surface area contributed by atoms with Crippen LogP contribution in [-0.2, 0) is 14.3 Å². The van der Waals surface area contributed by atoms with Crippen LogP contribution in [0.4, 0.5) is 4.79 Å². The summed E-state index contributed by atoms with van der Waals surface area (Å²) in [5.74, 6) is -0.651. The van der Waals surface area contributed by atoms with Gasteiger partial charge < -0.3 is 24.4 Å². The van der Waals surface area contributed by atoms with Gasteiger partial charge in [0.05, 0.1) is 12.0 Å². The first-order valence-electron chi connectivity index (χ1n) is 11.0. The Balaban J connectivity index is 1.63. The van der Waals surface area contributed by atoms with E-state index in [1.807, 2.05) is 25.7 Å². The third-order valence-electron chi connectivity index (χ3n) is 6.78. The fraction of sp³-hybridized carbons (Fsp3) is 0.909. The highest BCUT2D eigenvalue weighted by atomic mass is 16.6. The van der Waals surface area contributed by atoms with E-state index in [0.717, 1.165) is 58.0 Å². The van der Waals surface area contributed by atoms with E-state index in [4.69, 9.17) is 9.47 Å². The van der Waals surface area contributed by atoms with Crippen molar-refractivity contribution in [2.45, 2.75) is 77.4 Å². The molecule has 7 heteroatoms. The molecule has 0 unspecified atom stereocenters. The summed E-state index contributed by atoms with van der Waals surface area (Å²) in [7, 11) is 1.72. The zero-order valence-corrected chi connectivity index (χ0v) is 18.5. The van der Waals surface area contributed by atoms with Crippen LogP contribution < -0.4 is 0 Å². The van der Waals surface area contributed by atoms with Gasteiger partial charge in [-0.15, -0.1) is 0 Å². The number of piperidine rings is 1. The molecule has 0 bridgehead atoms. The number of carboxylic acid groups (broad SMARTS) is 1. The van der Waals surface area contributed by atoms with Gasteiger partial charge in [0, 0.05) is 31.7 Å². The Kier molecular flexibility index (Phi) is 6.49. The van der Waals surface area contributed by atoms with Gasteiger partial charge in [0.15, 0.2) is 0 Å². The second-order valence-electron chi connectivity index (χ2n) is 10.5. The van der Waals surface area contributed by atoms with Crippen LogP contribution in [0.3, 0.4) is 0 Å². The van der Waals surface area contributed by atoms with E-state index in [2.05, 4.69) is 4.90 Å². The van der Waals surface area contributed by atoms with Gasteiger partial charge in [-0.25, -0.2) is 4.79 Å². The molecule has 0 atom stereocenters. The lowest BCUT2D eigenvalue weighted by Gasteiger charge is -2.47. The zero-order valence-electron chi connectivity index (χ0n) is 18.5. The Labute approximate surface area is 174 Å². The van der Waals surface area contributed by atoms with Crippen LogP contribution in [-0.4, -0.2) is 78.5 Å². The molecule has 7 nitrogen and oxygen atoms in total. The second-order valence-corrected chi connectivity index (χ2v) is 10.5. The van der Waals surface area contributed by atoms with Gasteiger partial charge in [-0.1, -0.05) is 6.42 Å². The van der Waals surface area contributed by atoms with Crippen LogP contribution in [0.5, 0.6) is 0 Å². The lowest BCUT2D eigenvalue weighted by Crippen LogP contribution is -2.54. The van der Waals surface area contributed by atoms with E-state index in [9.17, 15) is 14.7 Å². The Morgan fingerprint density at radius 3 is 2.17 bits per heavy atom. The predicted molar refractivity (Wildman–Crippen MR) is 110 cm³/mol. The second kappa shape index (κ2) is 8.42. The number of methoxy groups -OCH3 is 1. The minimum absolute atomic E-state index is 0.0965. The molecule has 0 aromatic rings. The number of carbonyl (C=O) groups is 2. The van der Waals surface area contributed by atoms with Gasteiger partial charge in [0.2, 0.25) is 0 Å². The Morgan fingerprint density at radius 2 is 1.76 bits per heavy atom. The molecule has 0 radical (unpaired) electrons. The Hall–Kier alpha value is -1.34. The number of hydrogen-bond donors (Lipinski definition) is 1. The topological polar surface area (TPSA) is 79.3 Å². The number of ether oxygens (including phenoxy) is 2. The largest absolute Gasteiger partial charge is 0.481 e. The van der Waals surface area contributed by atoms with Crippen molar-refractivity contribution < 1.29 is 24.2 Å². The molecule has 29 heavy (non-hydrogen) atoms. The molecule has 1 amide bonds. The van der Waals surface area contributed by atoms with E-state index >= 15 is 0 Å². The molecule has 3 aliphatic rings. The summed E-state index contributed by atoms with van der Waals surface area (Å²) >= 11 is 0. The number of rotatable bonds is 8. The number of hydrogen-bond acceptors (Lipinski definition) is 5. The zero-order chi connectivity index (χ0) is 21.3. The third-order valence-corrected chi connectivity index (χ3v) is 6.78. The molecule has 0 aromatic heterocycles. The SMILES string of the molecule is COCC1(CN(C(=O)OC(C)(C)C)C2CC2)CCN(CC2(C(=O)O)CCC2)CC1. The number of likely N-dealkylation sites (tertiary alicyclic amines) is 1. The fourth-order valence-electron chi connectivity index (χ4n) is 4.72. The maximum absolute atomic E-state index is 12.8. The van der Waals surface area contributed by atoms with Crippen LogP contribution in [0.25, 0.3) is 0 Å². The summed E-state index contributed by atoms with van der Waals surface area (Å²) in [6.45, 7) is 9.31. The fourth-order valence-corrected chi connectivity index (χ4v) is 4.72. The van der Waals surface area contributed by atoms with Crippen molar-refractivity contribution in [3.8, 4) is 0 Å². The van der Waals surface area contributed by atoms with Crippen molar-refractivity contribution >= 4 is 12.1 Å². The lowest BCUT2D eigenvalue weighted by molar-refractivity contribution is -0.157. The average molecular weight is 411 g/mol. The van der Waals surface area contributed by atoms with Crippen molar-refractivity contribution in [2.75, 3.05) is 39.9 Å². The molecule has 1 aliphatic heterocycles. The first kappa shape index (κ1) is 22.3. The first-order valence-corrected chi connectivity index (χ1v) is 11.0. The van der Waals surface area contributed by atoms with Gasteiger partial charge in [-0.2, -0.15) is 0 Å². The van der Waals surface area contributed by atoms with E-state index in [1.54, 1.807) is 7.11 Å². The highest BCUT2D eigenvalue weighted by molar-refractivity contribution is 5.76.